The summed E-state index contributed by atoms with van der Waals surface area (Å²) in [6, 6.07) is 59.9. The zero-order valence-corrected chi connectivity index (χ0v) is 37.2. The number of hydrogen-bond donors (Lipinski definition) is 0. The summed E-state index contributed by atoms with van der Waals surface area (Å²) in [6.45, 7) is 1.51. The van der Waals surface area contributed by atoms with E-state index in [1.54, 1.807) is 0 Å². The number of anilines is 4. The van der Waals surface area contributed by atoms with Crippen molar-refractivity contribution in [3.8, 4) is 28.4 Å². The third kappa shape index (κ3) is 5.87. The number of para-hydroxylation sites is 5. The quantitative estimate of drug-likeness (QED) is 0.167. The van der Waals surface area contributed by atoms with Crippen LogP contribution in [0.3, 0.4) is 0 Å². The largest absolute Gasteiger partial charge is 0.457 e. The first kappa shape index (κ1) is 33.2. The van der Waals surface area contributed by atoms with Crippen LogP contribution in [-0.4, -0.2) is 25.4 Å². The number of nitrogens with zero attached hydrogens (tertiary/aromatic N) is 6. The fraction of sp³-hybridized carbons (Fsp3) is 0.117. The van der Waals surface area contributed by atoms with Gasteiger partial charge in [-0.2, -0.15) is 0 Å². The van der Waals surface area contributed by atoms with E-state index < -0.39 is 14.0 Å². The van der Waals surface area contributed by atoms with Gasteiger partial charge in [0.05, 0.1) is 39.1 Å². The highest BCUT2D eigenvalue weighted by Gasteiger charge is 2.34. The lowest BCUT2D eigenvalue weighted by Gasteiger charge is -2.26. The number of rotatable bonds is 6. The van der Waals surface area contributed by atoms with Crippen molar-refractivity contribution in [1.29, 1.82) is 0 Å². The molecule has 7 heteroatoms. The number of ether oxygens (including phenoxy) is 1. The van der Waals surface area contributed by atoms with Gasteiger partial charge in [0, 0.05) is 95.1 Å². The van der Waals surface area contributed by atoms with Gasteiger partial charge in [0.2, 0.25) is 0 Å². The standard InChI is InChI=1S/C60H48N6O/c1-60(2,3)39-32-33-61-53(34-39)66-49-27-14-9-22-43(49)44-31-30-42(36-52(44)66)67-41-21-17-20-40(35-41)64-37-65(51-29-16-15-28-50(51)64)59-57-55(45-23-10-12-25-47(45)62(57)4)54(38-18-7-6-8-19-38)56-46-24-11-13-26-48(46)63(5)58(56)59/h6-36H,37H2,1-5H3/i4D3,5D3. The normalized spacial score (nSPS) is 14.7. The number of benzene rings is 8. The second-order valence-electron chi connectivity index (χ2n) is 18.5. The lowest BCUT2D eigenvalue weighted by molar-refractivity contribution is 0.483. The molecule has 0 atom stereocenters. The van der Waals surface area contributed by atoms with Gasteiger partial charge in [0.25, 0.3) is 0 Å². The highest BCUT2D eigenvalue weighted by Crippen LogP contribution is 2.54. The highest BCUT2D eigenvalue weighted by atomic mass is 16.5. The fourth-order valence-corrected chi connectivity index (χ4v) is 10.6. The first-order valence-corrected chi connectivity index (χ1v) is 22.7. The van der Waals surface area contributed by atoms with Gasteiger partial charge in [-0.3, -0.25) is 4.57 Å². The molecule has 0 saturated carbocycles. The summed E-state index contributed by atoms with van der Waals surface area (Å²) in [5, 5.41) is 5.17. The molecule has 12 aromatic rings. The summed E-state index contributed by atoms with van der Waals surface area (Å²) in [5.41, 5.74) is 9.60. The molecule has 1 aliphatic rings. The van der Waals surface area contributed by atoms with E-state index in [1.807, 2.05) is 140 Å². The minimum Gasteiger partial charge on any atom is -0.457 e. The topological polar surface area (TPSA) is 43.4 Å². The van der Waals surface area contributed by atoms with Gasteiger partial charge in [-0.1, -0.05) is 124 Å². The van der Waals surface area contributed by atoms with Gasteiger partial charge in [-0.05, 0) is 83.3 Å². The molecule has 0 fully saturated rings. The lowest BCUT2D eigenvalue weighted by atomic mass is 9.88. The van der Waals surface area contributed by atoms with Crippen LogP contribution in [0.2, 0.25) is 0 Å². The van der Waals surface area contributed by atoms with Crippen LogP contribution in [0, 0.1) is 0 Å². The van der Waals surface area contributed by atoms with Gasteiger partial charge in [-0.25, -0.2) is 4.98 Å². The Labute approximate surface area is 397 Å². The maximum absolute atomic E-state index is 9.21. The Morgan fingerprint density at radius 3 is 1.81 bits per heavy atom. The van der Waals surface area contributed by atoms with E-state index in [0.717, 1.165) is 77.4 Å². The molecule has 0 spiro atoms. The first-order chi connectivity index (χ1) is 35.1. The third-order valence-electron chi connectivity index (χ3n) is 13.6. The second-order valence-corrected chi connectivity index (χ2v) is 18.5. The van der Waals surface area contributed by atoms with Crippen molar-refractivity contribution in [3.63, 3.8) is 0 Å². The maximum atomic E-state index is 9.21. The van der Waals surface area contributed by atoms with Crippen LogP contribution in [-0.2, 0) is 19.4 Å². The Balaban J connectivity index is 1.00. The van der Waals surface area contributed by atoms with Crippen molar-refractivity contribution in [2.24, 2.45) is 14.0 Å². The Kier molecular flexibility index (Phi) is 7.25. The van der Waals surface area contributed by atoms with Crippen LogP contribution in [0.25, 0.3) is 82.4 Å². The van der Waals surface area contributed by atoms with Gasteiger partial charge >= 0.3 is 0 Å². The Morgan fingerprint density at radius 2 is 1.12 bits per heavy atom. The average Bonchev–Trinajstić information content (AvgIpc) is 4.13. The van der Waals surface area contributed by atoms with Crippen LogP contribution in [0.4, 0.5) is 22.7 Å². The van der Waals surface area contributed by atoms with E-state index in [1.165, 1.54) is 14.7 Å². The maximum Gasteiger partial charge on any atom is 0.137 e. The van der Waals surface area contributed by atoms with Gasteiger partial charge in [0.15, 0.2) is 0 Å². The first-order valence-electron chi connectivity index (χ1n) is 25.7. The van der Waals surface area contributed by atoms with Crippen LogP contribution in [0.15, 0.2) is 188 Å². The third-order valence-corrected chi connectivity index (χ3v) is 13.6. The predicted molar refractivity (Wildman–Crippen MR) is 279 cm³/mol. The molecule has 8 aromatic carbocycles. The van der Waals surface area contributed by atoms with E-state index in [4.69, 9.17) is 9.72 Å². The molecule has 0 N–H and O–H groups in total. The molecule has 324 valence electrons. The zero-order valence-electron chi connectivity index (χ0n) is 43.2. The van der Waals surface area contributed by atoms with Crippen molar-refractivity contribution < 1.29 is 13.0 Å². The van der Waals surface area contributed by atoms with Gasteiger partial charge in [0.1, 0.15) is 24.0 Å². The molecule has 13 rings (SSSR count). The molecule has 4 aromatic heterocycles. The summed E-state index contributed by atoms with van der Waals surface area (Å²) in [6.07, 6.45) is 1.88. The van der Waals surface area contributed by atoms with Crippen molar-refractivity contribution in [1.82, 2.24) is 18.7 Å². The minimum absolute atomic E-state index is 0.0659. The van der Waals surface area contributed by atoms with Crippen LogP contribution < -0.4 is 14.5 Å². The number of aromatic nitrogens is 4. The molecule has 0 bridgehead atoms. The van der Waals surface area contributed by atoms with E-state index in [9.17, 15) is 8.22 Å². The van der Waals surface area contributed by atoms with E-state index in [0.29, 0.717) is 39.3 Å². The number of aryl methyl sites for hydroxylation is 2. The zero-order chi connectivity index (χ0) is 50.1. The summed E-state index contributed by atoms with van der Waals surface area (Å²) < 4.78 is 67.2. The summed E-state index contributed by atoms with van der Waals surface area (Å²) in [7, 11) is 0. The van der Waals surface area contributed by atoms with Crippen LogP contribution >= 0.6 is 0 Å². The molecular formula is C60H48N6O. The molecule has 0 radical (unpaired) electrons. The van der Waals surface area contributed by atoms with Crippen molar-refractivity contribution in [2.45, 2.75) is 26.2 Å². The highest BCUT2D eigenvalue weighted by molar-refractivity contribution is 6.33. The molecule has 67 heavy (non-hydrogen) atoms. The molecule has 0 unspecified atom stereocenters. The Bertz CT molecular complexity index is 4090. The average molecular weight is 875 g/mol. The number of hydrogen-bond acceptors (Lipinski definition) is 4. The van der Waals surface area contributed by atoms with Crippen LogP contribution in [0.5, 0.6) is 11.5 Å². The van der Waals surface area contributed by atoms with Gasteiger partial charge in [-0.15, -0.1) is 0 Å². The molecular weight excluding hydrogens is 821 g/mol. The monoisotopic (exact) mass is 874 g/mol. The minimum atomic E-state index is -2.66. The number of pyridine rings is 1. The van der Waals surface area contributed by atoms with E-state index in [2.05, 4.69) is 83.7 Å². The second kappa shape index (κ2) is 14.6. The fourth-order valence-electron chi connectivity index (χ4n) is 10.6. The molecule has 1 aliphatic heterocycles. The molecule has 5 heterocycles. The van der Waals surface area contributed by atoms with Crippen molar-refractivity contribution >= 4 is 88.2 Å². The Hall–Kier alpha value is -8.29. The summed E-state index contributed by atoms with van der Waals surface area (Å²) in [5.74, 6) is 2.10. The van der Waals surface area contributed by atoms with Crippen molar-refractivity contribution in [3.05, 3.63) is 194 Å². The molecule has 0 amide bonds. The smallest absolute Gasteiger partial charge is 0.137 e. The predicted octanol–water partition coefficient (Wildman–Crippen LogP) is 15.5. The number of fused-ring (bicyclic) bond motifs is 10. The lowest BCUT2D eigenvalue weighted by Crippen LogP contribution is -2.25. The van der Waals surface area contributed by atoms with Crippen LogP contribution in [0.1, 0.15) is 34.6 Å². The van der Waals surface area contributed by atoms with Crippen molar-refractivity contribution in [2.75, 3.05) is 16.5 Å². The van der Waals surface area contributed by atoms with Gasteiger partial charge < -0.3 is 23.7 Å². The van der Waals surface area contributed by atoms with E-state index in [-0.39, 0.29) is 12.1 Å². The SMILES string of the molecule is [2H]C([2H])([2H])n1c2ccccc2c2c(-c3ccccc3)c3c4ccccc4n(C([2H])([2H])[2H])c3c(N3CN(c4cccc(Oc5ccc6c7ccccc7n(-c7cc(C(C)(C)C)ccn7)c6c5)c4)c4ccccc43)c21. The molecule has 0 aliphatic carbocycles. The molecule has 0 saturated heterocycles. The summed E-state index contributed by atoms with van der Waals surface area (Å²) in [4.78, 5) is 9.14. The molecule has 7 nitrogen and oxygen atoms in total. The summed E-state index contributed by atoms with van der Waals surface area (Å²) >= 11 is 0. The van der Waals surface area contributed by atoms with E-state index >= 15 is 0 Å². The Morgan fingerprint density at radius 1 is 0.522 bits per heavy atom.